The highest BCUT2D eigenvalue weighted by atomic mass is 19.4. The molecule has 0 saturated heterocycles. The van der Waals surface area contributed by atoms with Crippen molar-refractivity contribution in [3.05, 3.63) is 58.2 Å². The normalized spacial score (nSPS) is 13.9. The van der Waals surface area contributed by atoms with Crippen molar-refractivity contribution in [2.24, 2.45) is 0 Å². The Balaban J connectivity index is 0.00000204. The van der Waals surface area contributed by atoms with Crippen molar-refractivity contribution < 1.29 is 155 Å². The molecule has 0 heterocycles. The van der Waals surface area contributed by atoms with E-state index in [4.69, 9.17) is 0 Å². The van der Waals surface area contributed by atoms with Gasteiger partial charge in [0.15, 0.2) is 46.5 Å². The summed E-state index contributed by atoms with van der Waals surface area (Å²) in [5.41, 5.74) is -4.52. The summed E-state index contributed by atoms with van der Waals surface area (Å²) < 4.78 is 510. The van der Waals surface area contributed by atoms with Gasteiger partial charge in [-0.15, -0.1) is 0 Å². The number of benzene rings is 2. The van der Waals surface area contributed by atoms with E-state index in [2.05, 4.69) is 19.2 Å². The summed E-state index contributed by atoms with van der Waals surface area (Å²) in [7, 11) is 0. The van der Waals surface area contributed by atoms with Crippen LogP contribution in [-0.4, -0.2) is 89.9 Å². The molecule has 2 aromatic carbocycles. The molecule has 0 fully saturated rings. The molecule has 0 aliphatic rings. The maximum Gasteiger partial charge on any atom is 0.339 e. The number of rotatable bonds is 44. The smallest absolute Gasteiger partial charge is 0.339 e. The van der Waals surface area contributed by atoms with Gasteiger partial charge in [-0.3, -0.25) is 0 Å². The molecule has 0 aliphatic carbocycles. The van der Waals surface area contributed by atoms with Crippen LogP contribution >= 0.6 is 0 Å². The number of hydrogen-bond acceptors (Lipinski definition) is 0. The minimum Gasteiger partial charge on any atom is -0.346 e. The van der Waals surface area contributed by atoms with Gasteiger partial charge in [0.1, 0.15) is 0 Å². The van der Waals surface area contributed by atoms with E-state index in [9.17, 15) is 43.9 Å². The lowest BCUT2D eigenvalue weighted by molar-refractivity contribution is -0.655. The highest BCUT2D eigenvalue weighted by molar-refractivity contribution is 6.89. The molecule has 0 unspecified atom stereocenters. The highest BCUT2D eigenvalue weighted by Gasteiger charge is 3.03. The zero-order valence-corrected chi connectivity index (χ0v) is 53.9. The zero-order valence-electron chi connectivity index (χ0n) is 53.9. The second-order valence-electron chi connectivity index (χ2n) is 23.9. The second kappa shape index (κ2) is 37.8. The Morgan fingerprint density at radius 2 is 0.381 bits per heavy atom. The fourth-order valence-electron chi connectivity index (χ4n) is 10.5. The number of alkyl halides is 24. The topological polar surface area (TPSA) is 16.6 Å². The third kappa shape index (κ3) is 19.6. The first-order valence-corrected chi connectivity index (χ1v) is 31.8. The lowest BCUT2D eigenvalue weighted by Gasteiger charge is -2.63. The van der Waals surface area contributed by atoms with Crippen molar-refractivity contribution in [2.75, 3.05) is 13.1 Å². The quantitative estimate of drug-likeness (QED) is 0.0224. The average molecular weight is 1490 g/mol. The van der Waals surface area contributed by atoms with Gasteiger partial charge in [0.25, 0.3) is 0 Å². The van der Waals surface area contributed by atoms with E-state index in [-0.39, 0.29) is 51.4 Å². The molecular weight excluding hydrogens is 1400 g/mol. The molecule has 0 radical (unpaired) electrons. The monoisotopic (exact) mass is 1490 g/mol. The van der Waals surface area contributed by atoms with Gasteiger partial charge in [0.05, 0.1) is 24.2 Å². The fraction of sp³-hybridized carbons (Fsp3) is 0.803. The highest BCUT2D eigenvalue weighted by Crippen LogP contribution is 2.73. The molecular formula is C61H82BF34N. The van der Waals surface area contributed by atoms with Crippen molar-refractivity contribution in [1.82, 2.24) is 0 Å². The molecule has 97 heavy (non-hydrogen) atoms. The van der Waals surface area contributed by atoms with Crippen LogP contribution in [0.3, 0.4) is 0 Å². The summed E-state index contributed by atoms with van der Waals surface area (Å²) in [5.74, 6) is -130. The largest absolute Gasteiger partial charge is 0.346 e. The van der Waals surface area contributed by atoms with Gasteiger partial charge in [0, 0.05) is 25.7 Å². The first-order valence-electron chi connectivity index (χ1n) is 31.8. The van der Waals surface area contributed by atoms with Crippen LogP contribution in [0.2, 0.25) is 0 Å². The Morgan fingerprint density at radius 3 is 0.588 bits per heavy atom. The Bertz CT molecular complexity index is 2330. The van der Waals surface area contributed by atoms with Crippen LogP contribution in [0, 0.1) is 58.2 Å². The number of halogens is 34. The molecule has 0 aliphatic heterocycles. The van der Waals surface area contributed by atoms with Crippen LogP contribution in [0.25, 0.3) is 11.1 Å². The Labute approximate surface area is 540 Å². The van der Waals surface area contributed by atoms with E-state index in [1.165, 1.54) is 98.6 Å². The van der Waals surface area contributed by atoms with Crippen molar-refractivity contribution in [1.29, 1.82) is 0 Å². The SMILES string of the molecule is CCCCCCC(F)(F)C(F)(F)C(F)(F)[B-](C(F)(F)C(F)(F)C(F)(F)CCCCCC)(C(F)(F)C(F)(F)C(F)(F)CCCCCC)C(F)(F)C(F)(F)C(F)(F)CCCCCC.CCCCCCCCC[NH2+]CCCC.Fc1c(F)c(F)c(-c2c(F)c(F)c(F)c(F)c2F)c(F)c1F. The third-order valence-corrected chi connectivity index (χ3v) is 16.5. The number of hydrogen-bond donors (Lipinski definition) is 1. The van der Waals surface area contributed by atoms with Crippen LogP contribution in [0.4, 0.5) is 149 Å². The van der Waals surface area contributed by atoms with E-state index < -0.39 is 223 Å². The summed E-state index contributed by atoms with van der Waals surface area (Å²) in [6, 6.07) is 0. The van der Waals surface area contributed by atoms with Crippen molar-refractivity contribution in [2.45, 2.75) is 298 Å². The number of nitrogens with two attached hydrogens (primary N) is 1. The third-order valence-electron chi connectivity index (χ3n) is 16.5. The summed E-state index contributed by atoms with van der Waals surface area (Å²) in [6.07, 6.45) is -22.0. The van der Waals surface area contributed by atoms with Gasteiger partial charge >= 0.3 is 53.5 Å². The average Bonchev–Trinajstić information content (AvgIpc) is 0.642. The van der Waals surface area contributed by atoms with E-state index in [0.29, 0.717) is 0 Å². The fourth-order valence-corrected chi connectivity index (χ4v) is 10.5. The van der Waals surface area contributed by atoms with Gasteiger partial charge in [0.2, 0.25) is 34.9 Å². The molecule has 2 rings (SSSR count). The summed E-state index contributed by atoms with van der Waals surface area (Å²) in [4.78, 5) is 0. The molecule has 36 heteroatoms. The van der Waals surface area contributed by atoms with E-state index in [1.54, 1.807) is 0 Å². The predicted molar refractivity (Wildman–Crippen MR) is 296 cm³/mol. The Kier molecular flexibility index (Phi) is 36.3. The molecule has 2 N–H and O–H groups in total. The number of quaternary nitrogens is 1. The van der Waals surface area contributed by atoms with Crippen LogP contribution in [0.15, 0.2) is 0 Å². The maximum absolute atomic E-state index is 16.5. The van der Waals surface area contributed by atoms with Gasteiger partial charge < -0.3 is 5.32 Å². The van der Waals surface area contributed by atoms with Crippen LogP contribution in [0.5, 0.6) is 0 Å². The lowest BCUT2D eigenvalue weighted by Crippen LogP contribution is -2.96. The molecule has 0 atom stereocenters. The molecule has 0 amide bonds. The summed E-state index contributed by atoms with van der Waals surface area (Å²) >= 11 is 0. The standard InChI is InChI=1S/C36H52BF24.C13H29N.C12F10/c1-5-9-13-17-21-25(38,39)29(46,47)33(54,55)37(34(56,57)30(48,49)26(40,41)22-18-14-10-6-2,35(58,59)31(50,51)27(42,43)23-19-15-11-7-3)36(60,61)32(52,53)28(44,45)24-20-16-12-8-4;1-3-5-7-8-9-10-11-13-14-12-6-4-2;13-3-1(4(14)8(18)11(21)7(3)17)2-5(15)9(19)12(22)10(20)6(2)16/h5-24H2,1-4H3;14H,3-13H2,1-2H3;/q-1;;/p+1. The molecule has 0 spiro atoms. The second-order valence-corrected chi connectivity index (χ2v) is 23.9. The van der Waals surface area contributed by atoms with Crippen molar-refractivity contribution in [3.8, 4) is 11.1 Å². The lowest BCUT2D eigenvalue weighted by atomic mass is 9.08. The Hall–Kier alpha value is -3.92. The van der Waals surface area contributed by atoms with E-state index in [1.807, 2.05) is 0 Å². The maximum atomic E-state index is 16.5. The molecule has 1 nitrogen and oxygen atoms in total. The van der Waals surface area contributed by atoms with Crippen LogP contribution in [0.1, 0.15) is 228 Å². The number of unbranched alkanes of at least 4 members (excludes halogenated alkanes) is 19. The first kappa shape index (κ1) is 93.1. The summed E-state index contributed by atoms with van der Waals surface area (Å²) in [6.45, 7) is 12.3. The van der Waals surface area contributed by atoms with E-state index in [0.717, 1.165) is 0 Å². The summed E-state index contributed by atoms with van der Waals surface area (Å²) in [5, 5.41) is 2.48. The van der Waals surface area contributed by atoms with Gasteiger partial charge in [-0.1, -0.05) is 157 Å². The van der Waals surface area contributed by atoms with Crippen molar-refractivity contribution >= 4 is 6.15 Å². The molecule has 0 saturated carbocycles. The van der Waals surface area contributed by atoms with Crippen LogP contribution < -0.4 is 5.32 Å². The molecule has 0 aromatic heterocycles. The minimum atomic E-state index is -11.7. The van der Waals surface area contributed by atoms with Crippen LogP contribution in [-0.2, 0) is 0 Å². The predicted octanol–water partition coefficient (Wildman–Crippen LogP) is 24.9. The molecule has 572 valence electrons. The van der Waals surface area contributed by atoms with Gasteiger partial charge in [-0.25, -0.2) is 79.0 Å². The Morgan fingerprint density at radius 1 is 0.216 bits per heavy atom. The zero-order chi connectivity index (χ0) is 76.1. The van der Waals surface area contributed by atoms with E-state index >= 15 is 105 Å². The molecule has 0 bridgehead atoms. The van der Waals surface area contributed by atoms with Gasteiger partial charge in [-0.05, 0) is 44.9 Å². The van der Waals surface area contributed by atoms with Gasteiger partial charge in [-0.2, -0.15) is 70.2 Å². The minimum absolute atomic E-state index is 0.0414. The van der Waals surface area contributed by atoms with Crippen molar-refractivity contribution in [3.63, 3.8) is 0 Å². The first-order chi connectivity index (χ1) is 44.3. The molecule has 2 aromatic rings.